The van der Waals surface area contributed by atoms with E-state index in [0.29, 0.717) is 43.8 Å². The molecule has 0 saturated carbocycles. The number of hydrogen-bond acceptors (Lipinski definition) is 7. The van der Waals surface area contributed by atoms with Crippen molar-refractivity contribution in [2.45, 2.75) is 30.1 Å². The van der Waals surface area contributed by atoms with Gasteiger partial charge in [0.25, 0.3) is 10.0 Å². The summed E-state index contributed by atoms with van der Waals surface area (Å²) < 4.78 is 33.7. The summed E-state index contributed by atoms with van der Waals surface area (Å²) in [5, 5.41) is 0. The van der Waals surface area contributed by atoms with Crippen molar-refractivity contribution >= 4 is 45.0 Å². The van der Waals surface area contributed by atoms with Gasteiger partial charge in [0.15, 0.2) is 0 Å². The number of fused-ring (bicyclic) bond motifs is 2. The fourth-order valence-electron chi connectivity index (χ4n) is 4.09. The average Bonchev–Trinajstić information content (AvgIpc) is 3.18. The minimum absolute atomic E-state index is 0.0169. The lowest BCUT2D eigenvalue weighted by Gasteiger charge is -2.27. The predicted octanol–water partition coefficient (Wildman–Crippen LogP) is 2.53. The van der Waals surface area contributed by atoms with Gasteiger partial charge in [0.05, 0.1) is 25.0 Å². The van der Waals surface area contributed by atoms with Crippen molar-refractivity contribution in [3.63, 3.8) is 0 Å². The molecule has 0 radical (unpaired) electrons. The van der Waals surface area contributed by atoms with Gasteiger partial charge in [-0.05, 0) is 35.8 Å². The molecule has 31 heavy (non-hydrogen) atoms. The first-order valence-electron chi connectivity index (χ1n) is 9.93. The molecule has 1 aromatic carbocycles. The molecule has 4 rings (SSSR count). The number of rotatable bonds is 5. The number of hydrogen-bond donors (Lipinski definition) is 0. The molecule has 7 nitrogen and oxygen atoms in total. The highest BCUT2D eigenvalue weighted by Gasteiger charge is 2.38. The number of amides is 1. The Morgan fingerprint density at radius 2 is 1.87 bits per heavy atom. The SMILES string of the molecule is COC(=O)c1c(S(=O)(=O)N2CCc3ccccc3C2)sc2c1CCN(C(=O)CSC)C2. The summed E-state index contributed by atoms with van der Waals surface area (Å²) in [7, 11) is -2.63. The summed E-state index contributed by atoms with van der Waals surface area (Å²) in [5.74, 6) is -0.247. The van der Waals surface area contributed by atoms with E-state index >= 15 is 0 Å². The molecule has 2 aromatic rings. The number of methoxy groups -OCH3 is 1. The topological polar surface area (TPSA) is 84.0 Å². The maximum Gasteiger partial charge on any atom is 0.340 e. The zero-order valence-corrected chi connectivity index (χ0v) is 19.9. The van der Waals surface area contributed by atoms with Crippen LogP contribution in [-0.2, 0) is 45.5 Å². The second-order valence-corrected chi connectivity index (χ2v) is 11.6. The molecule has 0 unspecified atom stereocenters. The van der Waals surface area contributed by atoms with Gasteiger partial charge in [-0.15, -0.1) is 11.3 Å². The molecule has 0 bridgehead atoms. The number of carbonyl (C=O) groups is 2. The molecule has 0 spiro atoms. The second kappa shape index (κ2) is 8.93. The van der Waals surface area contributed by atoms with E-state index in [0.717, 1.165) is 27.3 Å². The van der Waals surface area contributed by atoms with E-state index < -0.39 is 16.0 Å². The van der Waals surface area contributed by atoms with Crippen LogP contribution in [0.2, 0.25) is 0 Å². The highest BCUT2D eigenvalue weighted by Crippen LogP contribution is 2.39. The van der Waals surface area contributed by atoms with Crippen molar-refractivity contribution in [2.75, 3.05) is 32.2 Å². The Balaban J connectivity index is 1.71. The van der Waals surface area contributed by atoms with Crippen LogP contribution in [0.15, 0.2) is 28.5 Å². The fourth-order valence-corrected chi connectivity index (χ4v) is 7.98. The molecule has 10 heteroatoms. The van der Waals surface area contributed by atoms with Crippen LogP contribution in [0.5, 0.6) is 0 Å². The third kappa shape index (κ3) is 4.13. The number of thiophene rings is 1. The van der Waals surface area contributed by atoms with Crippen LogP contribution >= 0.6 is 23.1 Å². The summed E-state index contributed by atoms with van der Waals surface area (Å²) in [6.07, 6.45) is 2.94. The number of nitrogens with zero attached hydrogens (tertiary/aromatic N) is 2. The maximum absolute atomic E-state index is 13.6. The number of benzene rings is 1. The van der Waals surface area contributed by atoms with E-state index in [1.54, 1.807) is 4.90 Å². The third-order valence-corrected chi connectivity index (χ3v) is 9.80. The van der Waals surface area contributed by atoms with Gasteiger partial charge in [-0.3, -0.25) is 4.79 Å². The summed E-state index contributed by atoms with van der Waals surface area (Å²) in [6.45, 7) is 1.42. The molecule has 0 fully saturated rings. The summed E-state index contributed by atoms with van der Waals surface area (Å²) >= 11 is 2.55. The average molecular weight is 481 g/mol. The predicted molar refractivity (Wildman–Crippen MR) is 121 cm³/mol. The Morgan fingerprint density at radius 3 is 2.58 bits per heavy atom. The van der Waals surface area contributed by atoms with Crippen molar-refractivity contribution < 1.29 is 22.7 Å². The molecule has 1 amide bonds. The minimum Gasteiger partial charge on any atom is -0.465 e. The first-order chi connectivity index (χ1) is 14.9. The van der Waals surface area contributed by atoms with Crippen LogP contribution in [0.4, 0.5) is 0 Å². The van der Waals surface area contributed by atoms with Gasteiger partial charge in [-0.2, -0.15) is 16.1 Å². The Bertz CT molecular complexity index is 1130. The molecule has 0 saturated heterocycles. The monoisotopic (exact) mass is 480 g/mol. The standard InChI is InChI=1S/C21H24N2O5S3/c1-28-20(25)19-16-8-9-22(18(24)13-29-2)12-17(16)30-21(19)31(26,27)23-10-7-14-5-3-4-6-15(14)11-23/h3-6H,7-13H2,1-2H3. The number of sulfonamides is 1. The van der Waals surface area contributed by atoms with Crippen LogP contribution in [-0.4, -0.2) is 61.7 Å². The molecule has 2 aliphatic rings. The van der Waals surface area contributed by atoms with Gasteiger partial charge in [0.2, 0.25) is 5.91 Å². The van der Waals surface area contributed by atoms with Crippen molar-refractivity contribution in [3.8, 4) is 0 Å². The van der Waals surface area contributed by atoms with E-state index in [9.17, 15) is 18.0 Å². The van der Waals surface area contributed by atoms with Crippen LogP contribution in [0.25, 0.3) is 0 Å². The zero-order chi connectivity index (χ0) is 22.2. The Hall–Kier alpha value is -1.88. The third-order valence-electron chi connectivity index (χ3n) is 5.70. The van der Waals surface area contributed by atoms with E-state index in [4.69, 9.17) is 4.74 Å². The first kappa shape index (κ1) is 22.3. The van der Waals surface area contributed by atoms with Crippen LogP contribution in [0.3, 0.4) is 0 Å². The van der Waals surface area contributed by atoms with Crippen LogP contribution in [0, 0.1) is 0 Å². The highest BCUT2D eigenvalue weighted by atomic mass is 32.2. The quantitative estimate of drug-likeness (QED) is 0.612. The van der Waals surface area contributed by atoms with E-state index in [1.165, 1.54) is 23.2 Å². The summed E-state index contributed by atoms with van der Waals surface area (Å²) in [5.41, 5.74) is 2.96. The normalized spacial score (nSPS) is 16.5. The maximum atomic E-state index is 13.6. The molecule has 2 aliphatic heterocycles. The van der Waals surface area contributed by atoms with Gasteiger partial charge in [-0.1, -0.05) is 24.3 Å². The van der Waals surface area contributed by atoms with Crippen molar-refractivity contribution in [2.24, 2.45) is 0 Å². The highest BCUT2D eigenvalue weighted by molar-refractivity contribution is 7.99. The molecule has 0 N–H and O–H groups in total. The number of carbonyl (C=O) groups excluding carboxylic acids is 2. The largest absolute Gasteiger partial charge is 0.465 e. The smallest absolute Gasteiger partial charge is 0.340 e. The lowest BCUT2D eigenvalue weighted by molar-refractivity contribution is -0.129. The van der Waals surface area contributed by atoms with Gasteiger partial charge in [0.1, 0.15) is 4.21 Å². The Labute approximate surface area is 190 Å². The lowest BCUT2D eigenvalue weighted by Crippen LogP contribution is -2.37. The molecule has 0 aliphatic carbocycles. The van der Waals surface area contributed by atoms with Gasteiger partial charge < -0.3 is 9.64 Å². The van der Waals surface area contributed by atoms with Gasteiger partial charge >= 0.3 is 5.97 Å². The van der Waals surface area contributed by atoms with Crippen LogP contribution in [0.1, 0.15) is 31.9 Å². The number of ether oxygens (including phenoxy) is 1. The molecule has 1 aromatic heterocycles. The van der Waals surface area contributed by atoms with Gasteiger partial charge in [-0.25, -0.2) is 13.2 Å². The Kier molecular flexibility index (Phi) is 6.43. The lowest BCUT2D eigenvalue weighted by atomic mass is 10.0. The van der Waals surface area contributed by atoms with Crippen molar-refractivity contribution in [3.05, 3.63) is 51.4 Å². The van der Waals surface area contributed by atoms with E-state index in [1.807, 2.05) is 30.5 Å². The van der Waals surface area contributed by atoms with Crippen molar-refractivity contribution in [1.29, 1.82) is 0 Å². The molecular formula is C21H24N2O5S3. The minimum atomic E-state index is -3.89. The molecule has 0 atom stereocenters. The second-order valence-electron chi connectivity index (χ2n) is 7.51. The summed E-state index contributed by atoms with van der Waals surface area (Å²) in [6, 6.07) is 7.81. The zero-order valence-electron chi connectivity index (χ0n) is 17.4. The first-order valence-corrected chi connectivity index (χ1v) is 13.6. The fraction of sp³-hybridized carbons (Fsp3) is 0.429. The number of thioether (sulfide) groups is 1. The van der Waals surface area contributed by atoms with E-state index in [2.05, 4.69) is 0 Å². The summed E-state index contributed by atoms with van der Waals surface area (Å²) in [4.78, 5) is 27.4. The molecule has 3 heterocycles. The van der Waals surface area contributed by atoms with Crippen molar-refractivity contribution in [1.82, 2.24) is 9.21 Å². The Morgan fingerprint density at radius 1 is 1.13 bits per heavy atom. The number of esters is 1. The molecule has 166 valence electrons. The van der Waals surface area contributed by atoms with Crippen LogP contribution < -0.4 is 0 Å². The molecular weight excluding hydrogens is 456 g/mol. The van der Waals surface area contributed by atoms with Gasteiger partial charge in [0, 0.05) is 24.5 Å². The van der Waals surface area contributed by atoms with E-state index in [-0.39, 0.29) is 22.2 Å².